The van der Waals surface area contributed by atoms with Gasteiger partial charge in [0.15, 0.2) is 0 Å². The van der Waals surface area contributed by atoms with Crippen LogP contribution in [-0.2, 0) is 71.7 Å². The first-order chi connectivity index (χ1) is 52.5. The molecule has 2 unspecified atom stereocenters. The van der Waals surface area contributed by atoms with Crippen molar-refractivity contribution in [1.82, 2.24) is 60.0 Å². The number of methoxy groups -OCH3 is 1. The number of likely N-dealkylation sites (N-methyl/N-ethyl adjacent to an activating group) is 5. The summed E-state index contributed by atoms with van der Waals surface area (Å²) in [6.07, 6.45) is -15.3. The van der Waals surface area contributed by atoms with E-state index in [1.54, 1.807) is 20.8 Å². The van der Waals surface area contributed by atoms with E-state index in [1.807, 2.05) is 0 Å². The van der Waals surface area contributed by atoms with E-state index in [0.717, 1.165) is 19.6 Å². The van der Waals surface area contributed by atoms with Crippen molar-refractivity contribution in [3.8, 4) is 0 Å². The molecule has 0 radical (unpaired) electrons. The summed E-state index contributed by atoms with van der Waals surface area (Å²) in [4.78, 5) is 194. The lowest BCUT2D eigenvalue weighted by atomic mass is 9.74. The minimum absolute atomic E-state index is 0.00744. The first-order valence-electron chi connectivity index (χ1n) is 40.0. The highest BCUT2D eigenvalue weighted by Crippen LogP contribution is 2.46. The second-order valence-corrected chi connectivity index (χ2v) is 32.6. The summed E-state index contributed by atoms with van der Waals surface area (Å²) in [6.45, 7) is 4.09. The molecule has 0 aromatic heterocycles. The molecule has 9 rings (SSSR count). The number of alkyl halides is 8. The monoisotopic (exact) mass is 1590 g/mol. The van der Waals surface area contributed by atoms with Crippen molar-refractivity contribution in [2.45, 2.75) is 266 Å². The molecule has 4 aliphatic carbocycles. The highest BCUT2D eigenvalue weighted by Gasteiger charge is 2.57. The predicted octanol–water partition coefficient (Wildman–Crippen LogP) is 5.09. The fourth-order valence-electron chi connectivity index (χ4n) is 18.3. The second-order valence-electron chi connectivity index (χ2n) is 32.6. The van der Waals surface area contributed by atoms with Crippen molar-refractivity contribution < 1.29 is 107 Å². The van der Waals surface area contributed by atoms with E-state index in [-0.39, 0.29) is 123 Å². The fraction of sp³-hybridized carbons (Fsp3) is 0.842. The van der Waals surface area contributed by atoms with Gasteiger partial charge in [-0.1, -0.05) is 46.0 Å². The molecule has 4 saturated carbocycles. The van der Waals surface area contributed by atoms with Crippen molar-refractivity contribution >= 4 is 70.9 Å². The molecule has 27 nitrogen and oxygen atoms in total. The maximum Gasteiger partial charge on any atom is 0.397 e. The number of ether oxygens (including phenoxy) is 3. The number of hydrogen-bond donors (Lipinski definition) is 3. The van der Waals surface area contributed by atoms with E-state index in [9.17, 15) is 35.9 Å². The van der Waals surface area contributed by atoms with Crippen molar-refractivity contribution in [3.05, 3.63) is 0 Å². The maximum atomic E-state index is 15.7. The van der Waals surface area contributed by atoms with Crippen LogP contribution in [0.3, 0.4) is 0 Å². The molecule has 2 bridgehead atoms. The number of amides is 12. The molecule has 5 aliphatic heterocycles. The van der Waals surface area contributed by atoms with Crippen molar-refractivity contribution in [2.75, 3.05) is 108 Å². The summed E-state index contributed by atoms with van der Waals surface area (Å²) in [7, 11) is 7.99. The Hall–Kier alpha value is -7.04. The minimum Gasteiger partial charge on any atom is -0.382 e. The third-order valence-electron chi connectivity index (χ3n) is 25.5. The third kappa shape index (κ3) is 20.4. The Balaban J connectivity index is 1.11. The highest BCUT2D eigenvalue weighted by atomic mass is 19.4. The number of nitrogens with zero attached hydrogens (tertiary/aromatic N) is 9. The zero-order valence-electron chi connectivity index (χ0n) is 65.6. The molecule has 3 N–H and O–H groups in total. The number of halogens is 8. The minimum atomic E-state index is -5.22. The topological polar surface area (TPSA) is 298 Å². The van der Waals surface area contributed by atoms with Gasteiger partial charge in [0.25, 0.3) is 0 Å². The van der Waals surface area contributed by atoms with Crippen LogP contribution in [0.25, 0.3) is 0 Å². The van der Waals surface area contributed by atoms with E-state index in [1.165, 1.54) is 66.8 Å². The average molecular weight is 1590 g/mol. The van der Waals surface area contributed by atoms with Gasteiger partial charge in [0.05, 0.1) is 44.8 Å². The lowest BCUT2D eigenvalue weighted by Gasteiger charge is -2.47. The predicted molar refractivity (Wildman–Crippen MR) is 385 cm³/mol. The average Bonchev–Trinajstić information content (AvgIpc) is 1.71. The smallest absolute Gasteiger partial charge is 0.382 e. The number of hydrogen-bond acceptors (Lipinski definition) is 15. The van der Waals surface area contributed by atoms with Gasteiger partial charge >= 0.3 is 12.4 Å². The van der Waals surface area contributed by atoms with E-state index in [4.69, 9.17) is 14.2 Å². The van der Waals surface area contributed by atoms with Crippen molar-refractivity contribution in [2.24, 2.45) is 35.5 Å². The molecule has 9 fully saturated rings. The summed E-state index contributed by atoms with van der Waals surface area (Å²) < 4.78 is 133. The first-order valence-corrected chi connectivity index (χ1v) is 40.0. The Morgan fingerprint density at radius 3 is 1.83 bits per heavy atom. The Morgan fingerprint density at radius 1 is 0.604 bits per heavy atom. The molecule has 9 aliphatic rings. The van der Waals surface area contributed by atoms with Gasteiger partial charge in [-0.05, 0) is 140 Å². The molecule has 0 aromatic rings. The molecule has 5 saturated heterocycles. The summed E-state index contributed by atoms with van der Waals surface area (Å²) in [5.74, 6) is -16.7. The van der Waals surface area contributed by atoms with Crippen LogP contribution in [-0.4, -0.2) is 314 Å². The number of morpholine rings is 1. The lowest BCUT2D eigenvalue weighted by molar-refractivity contribution is -0.219. The SMILES string of the molecule is CCO[C@@H]1C[C@H]2C(=O)NC3(CCC3)C(=O)N(C)[C@@H](C3CCCC3)C(=O)N(C)[C@H](C(=O)N3CCOCC3)CC(=O)N(C)[C@@H](COC)C(=O)N[C@@H]([C@@H](C)CC)C(=O)N3CC[C@H]3C(=O)N(C)[C@H]3CCCCCN(C3=O)[C@@H](CC3CCC(C(F)(F)F)CC3)C(=O)N(C)CC(=O)N[C@@H](CCC3CC(F)C(C(F)(F)F)C(F)C3)C(=O)N2C1. The largest absolute Gasteiger partial charge is 0.397 e. The van der Waals surface area contributed by atoms with Crippen molar-refractivity contribution in [1.29, 1.82) is 0 Å². The summed E-state index contributed by atoms with van der Waals surface area (Å²) in [6, 6.07) is -12.7. The van der Waals surface area contributed by atoms with Crippen LogP contribution in [0.5, 0.6) is 0 Å². The van der Waals surface area contributed by atoms with Gasteiger partial charge < -0.3 is 74.3 Å². The van der Waals surface area contributed by atoms with Crippen molar-refractivity contribution in [3.63, 3.8) is 0 Å². The number of fused-ring (bicyclic) bond motifs is 4. The van der Waals surface area contributed by atoms with Gasteiger partial charge in [0.1, 0.15) is 78.2 Å². The Bertz CT molecular complexity index is 3310. The van der Waals surface area contributed by atoms with Crippen LogP contribution in [0, 0.1) is 35.5 Å². The molecule has 1 spiro atoms. The Morgan fingerprint density at radius 2 is 1.25 bits per heavy atom. The van der Waals surface area contributed by atoms with E-state index >= 15 is 56.7 Å². The number of carbonyl (C=O) groups is 12. The summed E-state index contributed by atoms with van der Waals surface area (Å²) in [5, 5.41) is 8.42. The molecule has 13 atom stereocenters. The summed E-state index contributed by atoms with van der Waals surface area (Å²) >= 11 is 0. The lowest BCUT2D eigenvalue weighted by Crippen LogP contribution is -2.68. The number of rotatable bonds is 13. The molecule has 626 valence electrons. The second kappa shape index (κ2) is 37.9. The van der Waals surface area contributed by atoms with Crippen LogP contribution in [0.4, 0.5) is 35.1 Å². The zero-order chi connectivity index (χ0) is 81.3. The highest BCUT2D eigenvalue weighted by molar-refractivity contribution is 6.01. The van der Waals surface area contributed by atoms with Gasteiger partial charge in [-0.3, -0.25) is 57.5 Å². The van der Waals surface area contributed by atoms with Gasteiger partial charge in [-0.15, -0.1) is 0 Å². The molecule has 111 heavy (non-hydrogen) atoms. The fourth-order valence-corrected chi connectivity index (χ4v) is 18.3. The zero-order valence-corrected chi connectivity index (χ0v) is 65.6. The van der Waals surface area contributed by atoms with Gasteiger partial charge in [-0.2, -0.15) is 26.3 Å². The molecule has 5 heterocycles. The quantitative estimate of drug-likeness (QED) is 0.202. The number of carbonyl (C=O) groups excluding carboxylic acids is 12. The molecule has 0 aromatic carbocycles. The van der Waals surface area contributed by atoms with Crippen LogP contribution in [0.15, 0.2) is 0 Å². The van der Waals surface area contributed by atoms with E-state index in [2.05, 4.69) is 16.0 Å². The Labute approximate surface area is 644 Å². The van der Waals surface area contributed by atoms with Gasteiger partial charge in [0.2, 0.25) is 70.9 Å². The molecule has 35 heteroatoms. The van der Waals surface area contributed by atoms with E-state index < -0.39 is 236 Å². The standard InChI is InChI=1S/C76H116F8N12O15/c1-10-44(3)62-71(106)95-31-27-54(95)68(103)90(6)53-20-13-12-16-30-94(70(53)105)57(38-45-21-24-48(25-22-45)75(79,80)81)67(102)88(4)42-59(97)85-52(26-23-46-36-50(77)61(51(78)37-46)76(82,83)84)66(101)96-41-49(111-11-2)39-55(96)65(100)87-74(28-17-29-74)73(108)92(8)63(47-18-14-15-19-47)72(107)91(7)56(69(104)93-32-34-110-35-33-93)40-60(98)89(5)58(43-109-9)64(99)86-62/h44-58,61-63H,10-43H2,1-9H3,(H,85,97)(H,86,99)(H,87,100)/t44-,45?,46?,48?,49+,50?,51?,52-,53-,54-,55-,56-,57-,58-,61?,62-,63-/m0/s1. The van der Waals surface area contributed by atoms with Gasteiger partial charge in [-0.25, -0.2) is 8.78 Å². The van der Waals surface area contributed by atoms with Gasteiger partial charge in [0, 0.05) is 88.1 Å². The first kappa shape index (κ1) is 87.9. The third-order valence-corrected chi connectivity index (χ3v) is 25.5. The Kier molecular flexibility index (Phi) is 30.1. The van der Waals surface area contributed by atoms with Crippen LogP contribution in [0.2, 0.25) is 0 Å². The number of nitrogens with one attached hydrogen (secondary N) is 3. The van der Waals surface area contributed by atoms with E-state index in [0.29, 0.717) is 57.8 Å². The van der Waals surface area contributed by atoms with Crippen LogP contribution >= 0.6 is 0 Å². The summed E-state index contributed by atoms with van der Waals surface area (Å²) in [5.41, 5.74) is -1.71. The molecular weight excluding hydrogens is 1470 g/mol. The van der Waals surface area contributed by atoms with Crippen LogP contribution < -0.4 is 16.0 Å². The normalized spacial score (nSPS) is 33.2. The molecular formula is C76H116F8N12O15. The maximum absolute atomic E-state index is 15.7. The van der Waals surface area contributed by atoms with Crippen LogP contribution in [0.1, 0.15) is 175 Å². The molecule has 12 amide bonds.